The Morgan fingerprint density at radius 1 is 1.17 bits per heavy atom. The van der Waals surface area contributed by atoms with Crippen molar-refractivity contribution in [3.8, 4) is 0 Å². The molecule has 0 spiro atoms. The first kappa shape index (κ1) is 22.3. The van der Waals surface area contributed by atoms with Crippen LogP contribution in [0.25, 0.3) is 0 Å². The van der Waals surface area contributed by atoms with Crippen LogP contribution in [0, 0.1) is 23.7 Å². The number of nitrogens with zero attached hydrogens (tertiary/aromatic N) is 1. The summed E-state index contributed by atoms with van der Waals surface area (Å²) in [5.74, 6) is -1.75. The van der Waals surface area contributed by atoms with Crippen LogP contribution in [0.1, 0.15) is 39.5 Å². The van der Waals surface area contributed by atoms with E-state index in [4.69, 9.17) is 24.0 Å². The van der Waals surface area contributed by atoms with Crippen LogP contribution in [0.3, 0.4) is 0 Å². The highest BCUT2D eigenvalue weighted by molar-refractivity contribution is 5.24. The van der Waals surface area contributed by atoms with Crippen LogP contribution in [-0.2, 0) is 24.0 Å². The summed E-state index contributed by atoms with van der Waals surface area (Å²) in [6.07, 6.45) is -2.62. The molecule has 0 aromatic carbocycles. The van der Waals surface area contributed by atoms with Crippen molar-refractivity contribution in [3.05, 3.63) is 11.3 Å². The van der Waals surface area contributed by atoms with E-state index < -0.39 is 24.0 Å². The van der Waals surface area contributed by atoms with Crippen molar-refractivity contribution < 1.29 is 37.2 Å². The third-order valence-corrected chi connectivity index (χ3v) is 7.22. The van der Waals surface area contributed by atoms with Crippen molar-refractivity contribution in [2.45, 2.75) is 57.8 Å². The van der Waals surface area contributed by atoms with Crippen molar-refractivity contribution in [2.24, 2.45) is 23.7 Å². The maximum atomic E-state index is 14.1. The van der Waals surface area contributed by atoms with Crippen LogP contribution in [0.2, 0.25) is 0 Å². The third-order valence-electron chi connectivity index (χ3n) is 7.22. The van der Waals surface area contributed by atoms with Gasteiger partial charge in [0.25, 0.3) is 0 Å². The van der Waals surface area contributed by atoms with E-state index in [1.54, 1.807) is 6.92 Å². The minimum Gasteiger partial charge on any atom is -0.459 e. The first-order valence-corrected chi connectivity index (χ1v) is 10.9. The molecular formula is C21H32F3NO5. The molecule has 0 N–H and O–H groups in total. The van der Waals surface area contributed by atoms with Gasteiger partial charge in [-0.3, -0.25) is 4.90 Å². The molecule has 3 heterocycles. The number of morpholine rings is 1. The highest BCUT2D eigenvalue weighted by Gasteiger charge is 2.56. The van der Waals surface area contributed by atoms with E-state index >= 15 is 0 Å². The van der Waals surface area contributed by atoms with Crippen molar-refractivity contribution in [2.75, 3.05) is 40.0 Å². The van der Waals surface area contributed by atoms with Gasteiger partial charge in [0.15, 0.2) is 0 Å². The van der Waals surface area contributed by atoms with Crippen molar-refractivity contribution >= 4 is 0 Å². The molecule has 3 fully saturated rings. The average molecular weight is 435 g/mol. The molecule has 4 rings (SSSR count). The average Bonchev–Trinajstić information content (AvgIpc) is 2.83. The normalized spacial score (nSPS) is 40.5. The van der Waals surface area contributed by atoms with E-state index in [1.807, 2.05) is 4.90 Å². The van der Waals surface area contributed by atoms with Crippen LogP contribution in [0.15, 0.2) is 11.3 Å². The van der Waals surface area contributed by atoms with Gasteiger partial charge in [0, 0.05) is 32.0 Å². The first-order valence-electron chi connectivity index (χ1n) is 10.9. The van der Waals surface area contributed by atoms with E-state index in [0.29, 0.717) is 50.6 Å². The number of alkyl halides is 3. The number of hydrogen-bond acceptors (Lipinski definition) is 6. The summed E-state index contributed by atoms with van der Waals surface area (Å²) in [6, 6.07) is 0. The monoisotopic (exact) mass is 435 g/mol. The van der Waals surface area contributed by atoms with E-state index in [1.165, 1.54) is 7.11 Å². The Morgan fingerprint density at radius 2 is 1.90 bits per heavy atom. The fourth-order valence-corrected chi connectivity index (χ4v) is 5.75. The molecule has 172 valence electrons. The Balaban J connectivity index is 1.71. The third kappa shape index (κ3) is 4.37. The Hall–Kier alpha value is -0.870. The molecule has 0 aromatic heterocycles. The highest BCUT2D eigenvalue weighted by atomic mass is 19.4. The minimum absolute atomic E-state index is 0.127. The molecule has 0 amide bonds. The van der Waals surface area contributed by atoms with Crippen LogP contribution < -0.4 is 0 Å². The topological polar surface area (TPSA) is 49.4 Å². The van der Waals surface area contributed by atoms with Gasteiger partial charge in [-0.15, -0.1) is 0 Å². The summed E-state index contributed by atoms with van der Waals surface area (Å²) < 4.78 is 59.4. The van der Waals surface area contributed by atoms with Crippen molar-refractivity contribution in [1.82, 2.24) is 4.90 Å². The van der Waals surface area contributed by atoms with Gasteiger partial charge in [0.05, 0.1) is 20.3 Å². The van der Waals surface area contributed by atoms with Crippen LogP contribution in [0.5, 0.6) is 0 Å². The summed E-state index contributed by atoms with van der Waals surface area (Å²) >= 11 is 0. The number of hydrogen-bond donors (Lipinski definition) is 0. The predicted octanol–water partition coefficient (Wildman–Crippen LogP) is 3.87. The Bertz CT molecular complexity index is 651. The Kier molecular flexibility index (Phi) is 6.38. The SMILES string of the molecule is COO[C@]1(C)CCC2C3[C@H](OC(C(F)(F)F)=C(CN4CCOCC4)[C@@H]3CC[C@H]2C)O1. The fourth-order valence-electron chi connectivity index (χ4n) is 5.75. The molecule has 2 saturated heterocycles. The maximum absolute atomic E-state index is 14.1. The van der Waals surface area contributed by atoms with E-state index in [2.05, 4.69) is 6.92 Å². The van der Waals surface area contributed by atoms with Crippen molar-refractivity contribution in [3.63, 3.8) is 0 Å². The van der Waals surface area contributed by atoms with Gasteiger partial charge in [0.2, 0.25) is 17.8 Å². The zero-order chi connectivity index (χ0) is 21.5. The second-order valence-electron chi connectivity index (χ2n) is 9.17. The fraction of sp³-hybridized carbons (Fsp3) is 0.905. The Morgan fingerprint density at radius 3 is 2.57 bits per heavy atom. The molecule has 6 nitrogen and oxygen atoms in total. The van der Waals surface area contributed by atoms with Gasteiger partial charge in [-0.05, 0) is 49.5 Å². The molecule has 0 radical (unpaired) electrons. The maximum Gasteiger partial charge on any atom is 0.449 e. The van der Waals surface area contributed by atoms with E-state index in [9.17, 15) is 13.2 Å². The van der Waals surface area contributed by atoms with Gasteiger partial charge in [-0.1, -0.05) is 6.92 Å². The van der Waals surface area contributed by atoms with Gasteiger partial charge < -0.3 is 14.2 Å². The largest absolute Gasteiger partial charge is 0.459 e. The molecule has 0 aromatic rings. The Labute approximate surface area is 175 Å². The van der Waals surface area contributed by atoms with Crippen LogP contribution in [0.4, 0.5) is 13.2 Å². The van der Waals surface area contributed by atoms with E-state index in [0.717, 1.165) is 12.8 Å². The second kappa shape index (κ2) is 8.58. The molecule has 2 unspecified atom stereocenters. The van der Waals surface area contributed by atoms with Gasteiger partial charge in [-0.2, -0.15) is 13.2 Å². The molecular weight excluding hydrogens is 403 g/mol. The van der Waals surface area contributed by atoms with E-state index in [-0.39, 0.29) is 24.3 Å². The summed E-state index contributed by atoms with van der Waals surface area (Å²) in [7, 11) is 1.38. The molecule has 1 saturated carbocycles. The molecule has 30 heavy (non-hydrogen) atoms. The minimum atomic E-state index is -4.57. The van der Waals surface area contributed by atoms with Gasteiger partial charge in [0.1, 0.15) is 0 Å². The van der Waals surface area contributed by atoms with Crippen LogP contribution in [-0.4, -0.2) is 63.1 Å². The smallest absolute Gasteiger partial charge is 0.449 e. The first-order chi connectivity index (χ1) is 14.2. The number of halogens is 3. The van der Waals surface area contributed by atoms with Crippen LogP contribution >= 0.6 is 0 Å². The molecule has 9 heteroatoms. The summed E-state index contributed by atoms with van der Waals surface area (Å²) in [5.41, 5.74) is 0.377. The summed E-state index contributed by atoms with van der Waals surface area (Å²) in [6.45, 7) is 6.50. The van der Waals surface area contributed by atoms with Gasteiger partial charge >= 0.3 is 6.18 Å². The molecule has 6 atom stereocenters. The van der Waals surface area contributed by atoms with Gasteiger partial charge in [-0.25, -0.2) is 9.78 Å². The molecule has 0 bridgehead atoms. The highest BCUT2D eigenvalue weighted by Crippen LogP contribution is 2.55. The summed E-state index contributed by atoms with van der Waals surface area (Å²) in [4.78, 5) is 12.2. The second-order valence-corrected chi connectivity index (χ2v) is 9.17. The number of rotatable bonds is 4. The lowest BCUT2D eigenvalue weighted by atomic mass is 9.62. The lowest BCUT2D eigenvalue weighted by Crippen LogP contribution is -2.51. The lowest BCUT2D eigenvalue weighted by molar-refractivity contribution is -0.438. The quantitative estimate of drug-likeness (QED) is 0.494. The number of ether oxygens (including phenoxy) is 3. The number of allylic oxidation sites excluding steroid dienone is 1. The molecule has 1 aliphatic carbocycles. The zero-order valence-electron chi connectivity index (χ0n) is 17.9. The predicted molar refractivity (Wildman–Crippen MR) is 101 cm³/mol. The molecule has 3 aliphatic heterocycles. The lowest BCUT2D eigenvalue weighted by Gasteiger charge is -2.49. The zero-order valence-corrected chi connectivity index (χ0v) is 17.9. The standard InChI is InChI=1S/C21H32F3NO5/c1-13-4-5-15-16(12-25-8-10-27-11-9-25)18(21(22,23)24)28-19-17(15)14(13)6-7-20(2,29-19)30-26-3/h13-15,17,19H,4-12H2,1-3H3/t13-,14?,15+,17?,19-,20-/m1/s1. The van der Waals surface area contributed by atoms with Crippen molar-refractivity contribution in [1.29, 1.82) is 0 Å². The summed E-state index contributed by atoms with van der Waals surface area (Å²) in [5, 5.41) is 0. The molecule has 4 aliphatic rings.